The molecule has 130 valence electrons. The van der Waals surface area contributed by atoms with Crippen molar-refractivity contribution in [3.63, 3.8) is 0 Å². The number of rotatable bonds is 5. The monoisotopic (exact) mass is 334 g/mol. The van der Waals surface area contributed by atoms with E-state index in [2.05, 4.69) is 5.32 Å². The van der Waals surface area contributed by atoms with Gasteiger partial charge in [-0.15, -0.1) is 0 Å². The van der Waals surface area contributed by atoms with E-state index in [1.165, 1.54) is 19.2 Å². The number of anilines is 1. The molecule has 1 aliphatic carbocycles. The lowest BCUT2D eigenvalue weighted by Crippen LogP contribution is -2.29. The molecule has 0 aliphatic heterocycles. The molecule has 0 saturated heterocycles. The van der Waals surface area contributed by atoms with E-state index in [4.69, 9.17) is 4.74 Å². The largest absolute Gasteiger partial charge is 0.490 e. The summed E-state index contributed by atoms with van der Waals surface area (Å²) in [5.74, 6) is 0.110. The molecule has 1 aliphatic rings. The van der Waals surface area contributed by atoms with Crippen molar-refractivity contribution >= 4 is 23.1 Å². The fourth-order valence-electron chi connectivity index (χ4n) is 3.11. The Balaban J connectivity index is 2.09. The fraction of sp³-hybridized carbons (Fsp3) is 0.529. The SMILES string of the molecule is COc1cc(NC(=O)C2CCC(C(C)=O)CC2)c(C)cc1[N+](=O)[O-]. The average molecular weight is 334 g/mol. The molecule has 0 radical (unpaired) electrons. The molecular formula is C17H22N2O5. The number of nitrogens with one attached hydrogen (secondary N) is 1. The fourth-order valence-corrected chi connectivity index (χ4v) is 3.11. The van der Waals surface area contributed by atoms with Crippen LogP contribution in [0.25, 0.3) is 0 Å². The van der Waals surface area contributed by atoms with Crippen LogP contribution in [-0.4, -0.2) is 23.7 Å². The summed E-state index contributed by atoms with van der Waals surface area (Å²) in [6, 6.07) is 2.87. The Hall–Kier alpha value is -2.44. The Bertz CT molecular complexity index is 663. The highest BCUT2D eigenvalue weighted by Crippen LogP contribution is 2.34. The van der Waals surface area contributed by atoms with Gasteiger partial charge in [0.15, 0.2) is 5.75 Å². The molecule has 7 nitrogen and oxygen atoms in total. The minimum atomic E-state index is -0.513. The van der Waals surface area contributed by atoms with Crippen molar-refractivity contribution in [1.82, 2.24) is 0 Å². The van der Waals surface area contributed by atoms with Crippen LogP contribution in [0.1, 0.15) is 38.2 Å². The predicted octanol–water partition coefficient (Wildman–Crippen LogP) is 3.25. The zero-order chi connectivity index (χ0) is 17.9. The number of methoxy groups -OCH3 is 1. The highest BCUT2D eigenvalue weighted by molar-refractivity contribution is 5.94. The number of ketones is 1. The van der Waals surface area contributed by atoms with Crippen molar-refractivity contribution in [1.29, 1.82) is 0 Å². The molecule has 0 unspecified atom stereocenters. The van der Waals surface area contributed by atoms with Crippen LogP contribution in [0.5, 0.6) is 5.75 Å². The van der Waals surface area contributed by atoms with Gasteiger partial charge in [0.2, 0.25) is 5.91 Å². The molecule has 24 heavy (non-hydrogen) atoms. The average Bonchev–Trinajstić information content (AvgIpc) is 2.56. The second-order valence-corrected chi connectivity index (χ2v) is 6.24. The van der Waals surface area contributed by atoms with Crippen LogP contribution in [0, 0.1) is 28.9 Å². The quantitative estimate of drug-likeness (QED) is 0.658. The van der Waals surface area contributed by atoms with Gasteiger partial charge < -0.3 is 10.1 Å². The molecular weight excluding hydrogens is 312 g/mol. The van der Waals surface area contributed by atoms with Gasteiger partial charge in [-0.25, -0.2) is 0 Å². The van der Waals surface area contributed by atoms with Crippen LogP contribution >= 0.6 is 0 Å². The van der Waals surface area contributed by atoms with Gasteiger partial charge in [0.05, 0.1) is 12.0 Å². The van der Waals surface area contributed by atoms with E-state index in [0.717, 1.165) is 12.8 Å². The van der Waals surface area contributed by atoms with Crippen LogP contribution in [0.2, 0.25) is 0 Å². The van der Waals surface area contributed by atoms with E-state index in [9.17, 15) is 19.7 Å². The normalized spacial score (nSPS) is 20.3. The maximum Gasteiger partial charge on any atom is 0.311 e. The van der Waals surface area contributed by atoms with Gasteiger partial charge in [-0.2, -0.15) is 0 Å². The molecule has 0 heterocycles. The standard InChI is InChI=1S/C17H22N2O5/c1-10-8-15(19(22)23)16(24-3)9-14(10)18-17(21)13-6-4-12(5-7-13)11(2)20/h8-9,12-13H,4-7H2,1-3H3,(H,18,21). The van der Waals surface area contributed by atoms with Gasteiger partial charge in [0.25, 0.3) is 0 Å². The number of amides is 1. The van der Waals surface area contributed by atoms with E-state index >= 15 is 0 Å². The number of hydrogen-bond acceptors (Lipinski definition) is 5. The smallest absolute Gasteiger partial charge is 0.311 e. The van der Waals surface area contributed by atoms with Gasteiger partial charge in [0, 0.05) is 29.7 Å². The first kappa shape index (κ1) is 17.9. The van der Waals surface area contributed by atoms with Gasteiger partial charge in [-0.05, 0) is 45.1 Å². The van der Waals surface area contributed by atoms with Crippen molar-refractivity contribution < 1.29 is 19.2 Å². The van der Waals surface area contributed by atoms with Crippen LogP contribution < -0.4 is 10.1 Å². The van der Waals surface area contributed by atoms with Crippen LogP contribution in [-0.2, 0) is 9.59 Å². The minimum absolute atomic E-state index is 0.0651. The second kappa shape index (κ2) is 7.42. The maximum absolute atomic E-state index is 12.4. The van der Waals surface area contributed by atoms with Crippen molar-refractivity contribution in [2.75, 3.05) is 12.4 Å². The van der Waals surface area contributed by atoms with Crippen LogP contribution in [0.4, 0.5) is 11.4 Å². The molecule has 0 aromatic heterocycles. The number of carbonyl (C=O) groups is 2. The molecule has 1 aromatic carbocycles. The van der Waals surface area contributed by atoms with Crippen LogP contribution in [0.3, 0.4) is 0 Å². The maximum atomic E-state index is 12.4. The summed E-state index contributed by atoms with van der Waals surface area (Å²) in [6.45, 7) is 3.30. The highest BCUT2D eigenvalue weighted by atomic mass is 16.6. The number of hydrogen-bond donors (Lipinski definition) is 1. The van der Waals surface area contributed by atoms with E-state index in [-0.39, 0.29) is 35.0 Å². The Kier molecular flexibility index (Phi) is 5.54. The van der Waals surface area contributed by atoms with Gasteiger partial charge in [-0.1, -0.05) is 0 Å². The topological polar surface area (TPSA) is 98.5 Å². The van der Waals surface area contributed by atoms with E-state index in [1.54, 1.807) is 13.8 Å². The summed E-state index contributed by atoms with van der Waals surface area (Å²) in [5, 5.41) is 13.8. The summed E-state index contributed by atoms with van der Waals surface area (Å²) in [4.78, 5) is 34.3. The first-order valence-corrected chi connectivity index (χ1v) is 7.97. The summed E-state index contributed by atoms with van der Waals surface area (Å²) >= 11 is 0. The zero-order valence-electron chi connectivity index (χ0n) is 14.1. The zero-order valence-corrected chi connectivity index (χ0v) is 14.1. The third kappa shape index (κ3) is 3.90. The van der Waals surface area contributed by atoms with Gasteiger partial charge >= 0.3 is 5.69 Å². The number of benzene rings is 1. The van der Waals surface area contributed by atoms with Crippen molar-refractivity contribution in [3.05, 3.63) is 27.8 Å². The van der Waals surface area contributed by atoms with E-state index < -0.39 is 4.92 Å². The molecule has 0 bridgehead atoms. The number of ether oxygens (including phenoxy) is 1. The molecule has 1 amide bonds. The van der Waals surface area contributed by atoms with E-state index in [0.29, 0.717) is 24.1 Å². The predicted molar refractivity (Wildman–Crippen MR) is 89.1 cm³/mol. The first-order chi connectivity index (χ1) is 11.3. The lowest BCUT2D eigenvalue weighted by Gasteiger charge is -2.26. The van der Waals surface area contributed by atoms with Crippen molar-refractivity contribution in [2.24, 2.45) is 11.8 Å². The minimum Gasteiger partial charge on any atom is -0.490 e. The van der Waals surface area contributed by atoms with Crippen LogP contribution in [0.15, 0.2) is 12.1 Å². The second-order valence-electron chi connectivity index (χ2n) is 6.24. The third-order valence-corrected chi connectivity index (χ3v) is 4.65. The molecule has 1 N–H and O–H groups in total. The molecule has 7 heteroatoms. The Morgan fingerprint density at radius 3 is 2.29 bits per heavy atom. The Morgan fingerprint density at radius 2 is 1.79 bits per heavy atom. The third-order valence-electron chi connectivity index (χ3n) is 4.65. The molecule has 2 rings (SSSR count). The molecule has 0 atom stereocenters. The van der Waals surface area contributed by atoms with Crippen molar-refractivity contribution in [2.45, 2.75) is 39.5 Å². The lowest BCUT2D eigenvalue weighted by molar-refractivity contribution is -0.385. The molecule has 1 aromatic rings. The molecule has 0 spiro atoms. The number of nitrogens with zero attached hydrogens (tertiary/aromatic N) is 1. The summed E-state index contributed by atoms with van der Waals surface area (Å²) in [5.41, 5.74) is 0.986. The number of nitro groups is 1. The first-order valence-electron chi connectivity index (χ1n) is 7.97. The summed E-state index contributed by atoms with van der Waals surface area (Å²) in [7, 11) is 1.35. The van der Waals surface area contributed by atoms with Crippen molar-refractivity contribution in [3.8, 4) is 5.75 Å². The number of Topliss-reactive ketones (excluding diaryl/α,β-unsaturated/α-hetero) is 1. The number of carbonyl (C=O) groups excluding carboxylic acids is 2. The summed E-state index contributed by atoms with van der Waals surface area (Å²) < 4.78 is 5.04. The molecule has 1 saturated carbocycles. The number of nitro benzene ring substituents is 1. The molecule has 1 fully saturated rings. The Morgan fingerprint density at radius 1 is 1.21 bits per heavy atom. The lowest BCUT2D eigenvalue weighted by atomic mass is 9.80. The Labute approximate surface area is 140 Å². The van der Waals surface area contributed by atoms with E-state index in [1.807, 2.05) is 0 Å². The highest BCUT2D eigenvalue weighted by Gasteiger charge is 2.29. The van der Waals surface area contributed by atoms with Gasteiger partial charge in [-0.3, -0.25) is 19.7 Å². The number of aryl methyl sites for hydroxylation is 1. The van der Waals surface area contributed by atoms with Gasteiger partial charge in [0.1, 0.15) is 5.78 Å². The summed E-state index contributed by atoms with van der Waals surface area (Å²) in [6.07, 6.45) is 2.82.